The predicted octanol–water partition coefficient (Wildman–Crippen LogP) is 2.59. The Kier molecular flexibility index (Phi) is 6.20. The molecule has 23 heavy (non-hydrogen) atoms. The van der Waals surface area contributed by atoms with Crippen LogP contribution in [-0.4, -0.2) is 30.8 Å². The zero-order valence-electron chi connectivity index (χ0n) is 12.8. The summed E-state index contributed by atoms with van der Waals surface area (Å²) in [6.45, 7) is 2.53. The molecule has 0 bridgehead atoms. The molecule has 0 aromatic carbocycles. The summed E-state index contributed by atoms with van der Waals surface area (Å²) in [5.74, 6) is -0.0166. The van der Waals surface area contributed by atoms with Crippen LogP contribution in [0.5, 0.6) is 0 Å². The molecule has 0 aliphatic carbocycles. The lowest BCUT2D eigenvalue weighted by Gasteiger charge is -2.04. The van der Waals surface area contributed by atoms with E-state index in [2.05, 4.69) is 14.5 Å². The third kappa shape index (κ3) is 4.81. The first-order valence-corrected chi connectivity index (χ1v) is 8.47. The van der Waals surface area contributed by atoms with Crippen LogP contribution in [0.3, 0.4) is 0 Å². The lowest BCUT2D eigenvalue weighted by Crippen LogP contribution is -2.16. The first-order chi connectivity index (χ1) is 11.0. The quantitative estimate of drug-likeness (QED) is 0.618. The molecule has 124 valence electrons. The van der Waals surface area contributed by atoms with Crippen molar-refractivity contribution in [3.63, 3.8) is 0 Å². The maximum atomic E-state index is 11.9. The van der Waals surface area contributed by atoms with E-state index in [0.717, 1.165) is 21.7 Å². The zero-order valence-corrected chi connectivity index (χ0v) is 14.4. The number of thiophene rings is 1. The highest BCUT2D eigenvalue weighted by molar-refractivity contribution is 8.11. The van der Waals surface area contributed by atoms with Gasteiger partial charge in [-0.25, -0.2) is 19.3 Å². The van der Waals surface area contributed by atoms with E-state index >= 15 is 0 Å². The van der Waals surface area contributed by atoms with Crippen LogP contribution in [0, 0.1) is 0 Å². The molecule has 2 heterocycles. The normalized spacial score (nSPS) is 13.5. The van der Waals surface area contributed by atoms with Gasteiger partial charge < -0.3 is 15.2 Å². The van der Waals surface area contributed by atoms with Crippen molar-refractivity contribution in [2.45, 2.75) is 19.9 Å². The highest BCUT2D eigenvalue weighted by Gasteiger charge is 2.19. The van der Waals surface area contributed by atoms with Crippen LogP contribution in [0.25, 0.3) is 6.08 Å². The van der Waals surface area contributed by atoms with Crippen LogP contribution < -0.4 is 10.5 Å². The molecule has 2 rings (SSSR count). The SMILES string of the molecule is CCOC(=O)C1=Cc2sc(CNSC(=O)OC)cc2N=C(N)C1. The molecule has 7 nitrogen and oxygen atoms in total. The summed E-state index contributed by atoms with van der Waals surface area (Å²) in [5.41, 5.74) is 7.06. The number of esters is 1. The number of ether oxygens (including phenoxy) is 2. The van der Waals surface area contributed by atoms with Crippen LogP contribution >= 0.6 is 23.3 Å². The van der Waals surface area contributed by atoms with Crippen LogP contribution in [0.1, 0.15) is 23.1 Å². The van der Waals surface area contributed by atoms with Gasteiger partial charge in [0.1, 0.15) is 5.84 Å². The van der Waals surface area contributed by atoms with Crippen LogP contribution in [-0.2, 0) is 20.8 Å². The van der Waals surface area contributed by atoms with Gasteiger partial charge in [0.25, 0.3) is 0 Å². The molecule has 0 saturated heterocycles. The molecule has 0 radical (unpaired) electrons. The fraction of sp³-hybridized carbons (Fsp3) is 0.357. The van der Waals surface area contributed by atoms with E-state index in [1.54, 1.807) is 13.0 Å². The maximum Gasteiger partial charge on any atom is 0.382 e. The monoisotopic (exact) mass is 355 g/mol. The first-order valence-electron chi connectivity index (χ1n) is 6.84. The zero-order chi connectivity index (χ0) is 16.8. The molecule has 0 saturated carbocycles. The lowest BCUT2D eigenvalue weighted by atomic mass is 10.1. The third-order valence-corrected chi connectivity index (χ3v) is 4.53. The largest absolute Gasteiger partial charge is 0.463 e. The van der Waals surface area contributed by atoms with Gasteiger partial charge in [0, 0.05) is 35.4 Å². The predicted molar refractivity (Wildman–Crippen MR) is 91.7 cm³/mol. The minimum absolute atomic E-state index is 0.270. The number of methoxy groups -OCH3 is 1. The number of fused-ring (bicyclic) bond motifs is 1. The van der Waals surface area contributed by atoms with E-state index in [1.165, 1.54) is 18.4 Å². The summed E-state index contributed by atoms with van der Waals surface area (Å²) in [7, 11) is 1.32. The first kappa shape index (κ1) is 17.5. The topological polar surface area (TPSA) is 103 Å². The van der Waals surface area contributed by atoms with Crippen molar-refractivity contribution in [1.29, 1.82) is 0 Å². The van der Waals surface area contributed by atoms with Gasteiger partial charge in [-0.15, -0.1) is 11.3 Å². The maximum absolute atomic E-state index is 11.9. The molecule has 0 fully saturated rings. The van der Waals surface area contributed by atoms with E-state index in [-0.39, 0.29) is 12.4 Å². The molecule has 1 aliphatic heterocycles. The lowest BCUT2D eigenvalue weighted by molar-refractivity contribution is -0.138. The Morgan fingerprint density at radius 3 is 3.00 bits per heavy atom. The van der Waals surface area contributed by atoms with Crippen molar-refractivity contribution in [2.24, 2.45) is 10.7 Å². The van der Waals surface area contributed by atoms with Crippen LogP contribution in [0.15, 0.2) is 16.6 Å². The van der Waals surface area contributed by atoms with E-state index in [1.807, 2.05) is 6.07 Å². The number of amidine groups is 1. The van der Waals surface area contributed by atoms with Gasteiger partial charge in [-0.05, 0) is 19.1 Å². The molecule has 1 aromatic heterocycles. The van der Waals surface area contributed by atoms with E-state index < -0.39 is 5.30 Å². The number of nitrogens with zero attached hydrogens (tertiary/aromatic N) is 1. The molecule has 3 N–H and O–H groups in total. The van der Waals surface area contributed by atoms with Crippen molar-refractivity contribution in [3.8, 4) is 0 Å². The van der Waals surface area contributed by atoms with Crippen molar-refractivity contribution in [1.82, 2.24) is 4.72 Å². The number of hydrogen-bond donors (Lipinski definition) is 2. The van der Waals surface area contributed by atoms with Gasteiger partial charge in [0.15, 0.2) is 0 Å². The van der Waals surface area contributed by atoms with Crippen LogP contribution in [0.2, 0.25) is 0 Å². The Morgan fingerprint density at radius 2 is 2.30 bits per heavy atom. The number of carbonyl (C=O) groups is 2. The minimum Gasteiger partial charge on any atom is -0.463 e. The fourth-order valence-corrected chi connectivity index (χ4v) is 3.41. The number of aliphatic imine (C=N–C) groups is 1. The highest BCUT2D eigenvalue weighted by Crippen LogP contribution is 2.34. The molecule has 0 spiro atoms. The van der Waals surface area contributed by atoms with Gasteiger partial charge in [-0.2, -0.15) is 0 Å². The summed E-state index contributed by atoms with van der Waals surface area (Å²) < 4.78 is 12.5. The molecule has 0 unspecified atom stereocenters. The number of carbonyl (C=O) groups excluding carboxylic acids is 2. The Morgan fingerprint density at radius 1 is 1.52 bits per heavy atom. The van der Waals surface area contributed by atoms with Crippen molar-refractivity contribution in [3.05, 3.63) is 21.4 Å². The average Bonchev–Trinajstić information content (AvgIpc) is 2.80. The molecule has 9 heteroatoms. The van der Waals surface area contributed by atoms with Crippen molar-refractivity contribution >= 4 is 52.2 Å². The Bertz CT molecular complexity index is 667. The molecule has 0 amide bonds. The second-order valence-electron chi connectivity index (χ2n) is 4.51. The van der Waals surface area contributed by atoms with E-state index in [0.29, 0.717) is 30.2 Å². The van der Waals surface area contributed by atoms with Gasteiger partial charge >= 0.3 is 11.3 Å². The Hall–Kier alpha value is -1.84. The summed E-state index contributed by atoms with van der Waals surface area (Å²) >= 11 is 2.35. The number of rotatable bonds is 5. The fourth-order valence-electron chi connectivity index (χ4n) is 1.89. The van der Waals surface area contributed by atoms with Crippen molar-refractivity contribution in [2.75, 3.05) is 13.7 Å². The third-order valence-electron chi connectivity index (χ3n) is 2.84. The summed E-state index contributed by atoms with van der Waals surface area (Å²) in [5, 5.41) is -0.408. The van der Waals surface area contributed by atoms with Gasteiger partial charge in [-0.3, -0.25) is 0 Å². The second-order valence-corrected chi connectivity index (χ2v) is 6.50. The van der Waals surface area contributed by atoms with Crippen molar-refractivity contribution < 1.29 is 19.1 Å². The molecular weight excluding hydrogens is 338 g/mol. The van der Waals surface area contributed by atoms with Gasteiger partial charge in [-0.1, -0.05) is 0 Å². The Labute approximate surface area is 142 Å². The minimum atomic E-state index is -0.408. The number of nitrogens with one attached hydrogen (secondary N) is 1. The smallest absolute Gasteiger partial charge is 0.382 e. The molecular formula is C14H17N3O4S2. The Balaban J connectivity index is 2.15. The van der Waals surface area contributed by atoms with Crippen LogP contribution in [0.4, 0.5) is 10.5 Å². The molecule has 1 aliphatic rings. The summed E-state index contributed by atoms with van der Waals surface area (Å²) in [4.78, 5) is 29.1. The van der Waals surface area contributed by atoms with Gasteiger partial charge in [0.2, 0.25) is 0 Å². The van der Waals surface area contributed by atoms with Gasteiger partial charge in [0.05, 0.1) is 24.3 Å². The number of hydrogen-bond acceptors (Lipinski definition) is 9. The summed E-state index contributed by atoms with van der Waals surface area (Å²) in [6.07, 6.45) is 2.03. The van der Waals surface area contributed by atoms with E-state index in [4.69, 9.17) is 10.5 Å². The van der Waals surface area contributed by atoms with E-state index in [9.17, 15) is 9.59 Å². The average molecular weight is 355 g/mol. The summed E-state index contributed by atoms with van der Waals surface area (Å²) in [6, 6.07) is 1.88. The second kappa shape index (κ2) is 8.14. The standard InChI is InChI=1S/C14H17N3O4S2/c1-3-21-13(18)8-4-11-10(17-12(15)5-8)6-9(22-11)7-16-23-14(19)20-2/h4,6,16H,3,5,7H2,1-2H3,(H2,15,17). The molecule has 0 atom stereocenters. The molecule has 1 aromatic rings. The highest BCUT2D eigenvalue weighted by atomic mass is 32.2. The number of nitrogens with two attached hydrogens (primary N) is 1.